The predicted molar refractivity (Wildman–Crippen MR) is 109 cm³/mol. The highest BCUT2D eigenvalue weighted by molar-refractivity contribution is 8.04. The Balaban J connectivity index is 2.29. The van der Waals surface area contributed by atoms with Crippen molar-refractivity contribution in [3.8, 4) is 0 Å². The standard InChI is InChI=1S/C20H25O4PS/c1-5-24-20(4,19(21)22)18(14(2)3)25(23)13-26-17-11-10-15-8-6-7-9-16(15)12-17/h6-12,14H,5,13H2,1-4H3,(H,21,22). The van der Waals surface area contributed by atoms with Crippen LogP contribution in [-0.2, 0) is 9.53 Å². The Hall–Kier alpha value is -1.39. The van der Waals surface area contributed by atoms with E-state index in [1.165, 1.54) is 18.7 Å². The van der Waals surface area contributed by atoms with Crippen molar-refractivity contribution in [2.24, 2.45) is 5.92 Å². The molecule has 2 aromatic carbocycles. The second kappa shape index (κ2) is 9.01. The molecule has 0 aromatic heterocycles. The summed E-state index contributed by atoms with van der Waals surface area (Å²) in [6.45, 7) is 7.23. The van der Waals surface area contributed by atoms with Crippen molar-refractivity contribution in [1.82, 2.24) is 0 Å². The van der Waals surface area contributed by atoms with Crippen LogP contribution in [0.25, 0.3) is 10.8 Å². The van der Waals surface area contributed by atoms with E-state index in [4.69, 9.17) is 4.74 Å². The van der Waals surface area contributed by atoms with E-state index in [-0.39, 0.29) is 12.5 Å². The fourth-order valence-corrected chi connectivity index (χ4v) is 6.28. The largest absolute Gasteiger partial charge is 0.630 e. The zero-order valence-electron chi connectivity index (χ0n) is 15.6. The predicted octanol–water partition coefficient (Wildman–Crippen LogP) is 4.35. The van der Waals surface area contributed by atoms with Crippen LogP contribution in [0.4, 0.5) is 0 Å². The van der Waals surface area contributed by atoms with E-state index in [0.717, 1.165) is 15.7 Å². The van der Waals surface area contributed by atoms with Crippen LogP contribution in [0.3, 0.4) is 0 Å². The highest BCUT2D eigenvalue weighted by Crippen LogP contribution is 2.35. The van der Waals surface area contributed by atoms with Crippen LogP contribution in [0.2, 0.25) is 0 Å². The van der Waals surface area contributed by atoms with Crippen LogP contribution in [0.15, 0.2) is 47.4 Å². The maximum Gasteiger partial charge on any atom is 0.344 e. The number of thioether (sulfide) groups is 1. The molecule has 26 heavy (non-hydrogen) atoms. The molecule has 0 spiro atoms. The Bertz CT molecular complexity index is 818. The zero-order valence-corrected chi connectivity index (χ0v) is 17.3. The molecular weight excluding hydrogens is 367 g/mol. The van der Waals surface area contributed by atoms with Gasteiger partial charge in [-0.15, -0.1) is 0 Å². The molecule has 0 heterocycles. The van der Waals surface area contributed by atoms with Crippen molar-refractivity contribution in [1.29, 1.82) is 0 Å². The van der Waals surface area contributed by atoms with E-state index in [9.17, 15) is 14.8 Å². The molecule has 140 valence electrons. The van der Waals surface area contributed by atoms with Gasteiger partial charge < -0.3 is 14.7 Å². The van der Waals surface area contributed by atoms with Gasteiger partial charge in [-0.2, -0.15) is 0 Å². The summed E-state index contributed by atoms with van der Waals surface area (Å²) in [5.41, 5.74) is -1.20. The summed E-state index contributed by atoms with van der Waals surface area (Å²) >= 11 is 1.48. The van der Waals surface area contributed by atoms with E-state index in [1.54, 1.807) is 6.92 Å². The van der Waals surface area contributed by atoms with Gasteiger partial charge in [0.25, 0.3) is 0 Å². The third kappa shape index (κ3) is 4.66. The number of fused-ring (bicyclic) bond motifs is 1. The molecule has 2 atom stereocenters. The van der Waals surface area contributed by atoms with Gasteiger partial charge >= 0.3 is 5.97 Å². The summed E-state index contributed by atoms with van der Waals surface area (Å²) < 4.78 is 5.52. The third-order valence-corrected chi connectivity index (χ3v) is 7.74. The van der Waals surface area contributed by atoms with Crippen LogP contribution in [-0.4, -0.2) is 34.1 Å². The van der Waals surface area contributed by atoms with Gasteiger partial charge in [-0.3, -0.25) is 0 Å². The van der Waals surface area contributed by atoms with Crippen LogP contribution in [0, 0.1) is 5.92 Å². The van der Waals surface area contributed by atoms with E-state index < -0.39 is 19.3 Å². The fraction of sp³-hybridized carbons (Fsp3) is 0.400. The molecule has 0 bridgehead atoms. The summed E-state index contributed by atoms with van der Waals surface area (Å²) in [5, 5.41) is 12.4. The Morgan fingerprint density at radius 1 is 1.27 bits per heavy atom. The Morgan fingerprint density at radius 3 is 2.50 bits per heavy atom. The van der Waals surface area contributed by atoms with E-state index >= 15 is 0 Å². The van der Waals surface area contributed by atoms with Gasteiger partial charge in [-0.25, -0.2) is 4.79 Å². The molecule has 0 fully saturated rings. The number of aliphatic carboxylic acids is 1. The number of carbonyl (C=O) groups is 1. The molecule has 0 saturated heterocycles. The number of carboxylic acids is 1. The topological polar surface area (TPSA) is 69.6 Å². The lowest BCUT2D eigenvalue weighted by Gasteiger charge is -2.28. The zero-order chi connectivity index (χ0) is 19.3. The lowest BCUT2D eigenvalue weighted by molar-refractivity contribution is -0.158. The first-order chi connectivity index (χ1) is 12.3. The Morgan fingerprint density at radius 2 is 1.92 bits per heavy atom. The van der Waals surface area contributed by atoms with Crippen molar-refractivity contribution >= 4 is 41.6 Å². The fourth-order valence-electron chi connectivity index (χ4n) is 3.07. The summed E-state index contributed by atoms with van der Waals surface area (Å²) in [7, 11) is -1.86. The van der Waals surface area contributed by atoms with E-state index in [1.807, 2.05) is 44.2 Å². The number of rotatable bonds is 8. The van der Waals surface area contributed by atoms with Crippen molar-refractivity contribution in [2.75, 3.05) is 12.1 Å². The molecule has 4 nitrogen and oxygen atoms in total. The molecule has 0 saturated carbocycles. The first-order valence-electron chi connectivity index (χ1n) is 8.60. The minimum Gasteiger partial charge on any atom is -0.630 e. The second-order valence-electron chi connectivity index (χ2n) is 6.47. The molecule has 0 aliphatic rings. The minimum absolute atomic E-state index is 0.150. The van der Waals surface area contributed by atoms with Gasteiger partial charge in [0.1, 0.15) is 5.29 Å². The van der Waals surface area contributed by atoms with Crippen molar-refractivity contribution in [3.05, 3.63) is 42.5 Å². The molecule has 0 radical (unpaired) electrons. The van der Waals surface area contributed by atoms with Gasteiger partial charge in [0, 0.05) is 17.4 Å². The molecule has 1 N–H and O–H groups in total. The highest BCUT2D eigenvalue weighted by Gasteiger charge is 2.45. The summed E-state index contributed by atoms with van der Waals surface area (Å²) in [6, 6.07) is 14.2. The number of ether oxygens (including phenoxy) is 1. The van der Waals surface area contributed by atoms with E-state index in [2.05, 4.69) is 12.1 Å². The lowest BCUT2D eigenvalue weighted by Crippen LogP contribution is -2.48. The summed E-state index contributed by atoms with van der Waals surface area (Å²) in [4.78, 5) is 25.8. The van der Waals surface area contributed by atoms with E-state index in [0.29, 0.717) is 10.8 Å². The quantitative estimate of drug-likeness (QED) is 0.534. The average molecular weight is 392 g/mol. The number of carboxylic acid groups (broad SMARTS) is 1. The maximum absolute atomic E-state index is 13.0. The average Bonchev–Trinajstić information content (AvgIpc) is 2.59. The highest BCUT2D eigenvalue weighted by atomic mass is 32.2. The first kappa shape index (κ1) is 20.9. The lowest BCUT2D eigenvalue weighted by atomic mass is 9.94. The second-order valence-corrected chi connectivity index (χ2v) is 9.50. The van der Waals surface area contributed by atoms with Gasteiger partial charge in [-0.05, 0) is 36.8 Å². The van der Waals surface area contributed by atoms with Crippen LogP contribution >= 0.6 is 19.5 Å². The van der Waals surface area contributed by atoms with Crippen LogP contribution < -0.4 is 4.89 Å². The molecule has 2 aromatic rings. The molecule has 6 heteroatoms. The van der Waals surface area contributed by atoms with Gasteiger partial charge in [0.15, 0.2) is 5.49 Å². The number of hydrogen-bond acceptors (Lipinski definition) is 4. The molecule has 0 amide bonds. The van der Waals surface area contributed by atoms with Crippen molar-refractivity contribution < 1.29 is 19.5 Å². The molecule has 2 rings (SSSR count). The minimum atomic E-state index is -1.86. The summed E-state index contributed by atoms with van der Waals surface area (Å²) in [5.74, 6) is -1.24. The SMILES string of the molecule is CCOC(C)(C(=O)O)C(C(C)C)=[P+]([O-])CSc1ccc2ccccc2c1. The monoisotopic (exact) mass is 392 g/mol. The molecule has 0 aliphatic heterocycles. The first-order valence-corrected chi connectivity index (χ1v) is 11.0. The summed E-state index contributed by atoms with van der Waals surface area (Å²) in [6.07, 6.45) is 0. The van der Waals surface area contributed by atoms with Gasteiger partial charge in [0.2, 0.25) is 5.60 Å². The normalized spacial score (nSPS) is 15.0. The van der Waals surface area contributed by atoms with Crippen LogP contribution in [0.5, 0.6) is 0 Å². The van der Waals surface area contributed by atoms with Crippen molar-refractivity contribution in [2.45, 2.75) is 38.2 Å². The molecule has 0 aliphatic carbocycles. The smallest absolute Gasteiger partial charge is 0.344 e. The maximum atomic E-state index is 13.0. The van der Waals surface area contributed by atoms with Crippen molar-refractivity contribution in [3.63, 3.8) is 0 Å². The number of hydrogen-bond donors (Lipinski definition) is 1. The Labute approximate surface area is 160 Å². The van der Waals surface area contributed by atoms with Gasteiger partial charge in [-0.1, -0.05) is 55.9 Å². The van der Waals surface area contributed by atoms with Gasteiger partial charge in [0.05, 0.1) is 7.77 Å². The Kier molecular flexibility index (Phi) is 7.24. The molecular formula is C20H25O4PS. The number of benzene rings is 2. The molecule has 2 unspecified atom stereocenters. The van der Waals surface area contributed by atoms with Crippen LogP contribution in [0.1, 0.15) is 27.7 Å². The third-order valence-electron chi connectivity index (χ3n) is 4.21.